The first-order chi connectivity index (χ1) is 13.0. The predicted octanol–water partition coefficient (Wildman–Crippen LogP) is 5.22. The van der Waals surface area contributed by atoms with Gasteiger partial charge < -0.3 is 9.47 Å². The Morgan fingerprint density at radius 2 is 1.22 bits per heavy atom. The van der Waals surface area contributed by atoms with Crippen LogP contribution in [0.4, 0.5) is 0 Å². The SMILES string of the molecule is C=CC(=O)OC1CCC(CC2CCC(OC(=O)C=C)C(CC)C2)CC1CC. The van der Waals surface area contributed by atoms with Crippen LogP contribution >= 0.6 is 0 Å². The zero-order valence-corrected chi connectivity index (χ0v) is 17.0. The molecule has 2 fully saturated rings. The number of ether oxygens (including phenoxy) is 2. The molecular weight excluding hydrogens is 340 g/mol. The fraction of sp³-hybridized carbons (Fsp3) is 0.739. The highest BCUT2D eigenvalue weighted by Crippen LogP contribution is 2.41. The zero-order valence-electron chi connectivity index (χ0n) is 17.0. The van der Waals surface area contributed by atoms with Crippen molar-refractivity contribution in [2.24, 2.45) is 23.7 Å². The molecule has 0 aromatic rings. The maximum absolute atomic E-state index is 11.6. The van der Waals surface area contributed by atoms with E-state index in [2.05, 4.69) is 27.0 Å². The molecule has 6 unspecified atom stereocenters. The molecule has 0 saturated heterocycles. The second kappa shape index (κ2) is 10.7. The summed E-state index contributed by atoms with van der Waals surface area (Å²) in [6, 6.07) is 0. The van der Waals surface area contributed by atoms with Gasteiger partial charge in [0.15, 0.2) is 0 Å². The summed E-state index contributed by atoms with van der Waals surface area (Å²) in [4.78, 5) is 23.1. The van der Waals surface area contributed by atoms with Crippen LogP contribution in [-0.2, 0) is 19.1 Å². The molecule has 0 heterocycles. The number of rotatable bonds is 8. The van der Waals surface area contributed by atoms with Gasteiger partial charge in [-0.05, 0) is 81.5 Å². The quantitative estimate of drug-likeness (QED) is 0.430. The smallest absolute Gasteiger partial charge is 0.330 e. The van der Waals surface area contributed by atoms with Crippen LogP contribution in [-0.4, -0.2) is 24.1 Å². The Kier molecular flexibility index (Phi) is 8.59. The van der Waals surface area contributed by atoms with E-state index < -0.39 is 0 Å². The summed E-state index contributed by atoms with van der Waals surface area (Å²) in [5, 5.41) is 0. The van der Waals surface area contributed by atoms with E-state index in [-0.39, 0.29) is 24.1 Å². The topological polar surface area (TPSA) is 52.6 Å². The molecule has 2 saturated carbocycles. The number of carbonyl (C=O) groups is 2. The molecule has 4 nitrogen and oxygen atoms in total. The van der Waals surface area contributed by atoms with E-state index in [1.54, 1.807) is 0 Å². The largest absolute Gasteiger partial charge is 0.459 e. The highest BCUT2D eigenvalue weighted by Gasteiger charge is 2.36. The Morgan fingerprint density at radius 3 is 1.56 bits per heavy atom. The van der Waals surface area contributed by atoms with Crippen molar-refractivity contribution in [3.63, 3.8) is 0 Å². The van der Waals surface area contributed by atoms with Crippen LogP contribution in [0.2, 0.25) is 0 Å². The Bertz CT molecular complexity index is 480. The molecule has 0 aromatic carbocycles. The fourth-order valence-corrected chi connectivity index (χ4v) is 5.13. The van der Waals surface area contributed by atoms with E-state index in [1.165, 1.54) is 18.6 Å². The van der Waals surface area contributed by atoms with E-state index in [9.17, 15) is 9.59 Å². The van der Waals surface area contributed by atoms with Crippen molar-refractivity contribution in [3.8, 4) is 0 Å². The van der Waals surface area contributed by atoms with Crippen LogP contribution in [0.25, 0.3) is 0 Å². The maximum Gasteiger partial charge on any atom is 0.330 e. The lowest BCUT2D eigenvalue weighted by atomic mass is 9.70. The number of esters is 2. The van der Waals surface area contributed by atoms with Crippen LogP contribution in [0.15, 0.2) is 25.3 Å². The Labute approximate surface area is 164 Å². The van der Waals surface area contributed by atoms with Crippen molar-refractivity contribution in [3.05, 3.63) is 25.3 Å². The number of hydrogen-bond donors (Lipinski definition) is 0. The molecule has 0 aliphatic heterocycles. The summed E-state index contributed by atoms with van der Waals surface area (Å²) >= 11 is 0. The van der Waals surface area contributed by atoms with Crippen LogP contribution in [0.3, 0.4) is 0 Å². The average molecular weight is 377 g/mol. The lowest BCUT2D eigenvalue weighted by Crippen LogP contribution is -2.36. The summed E-state index contributed by atoms with van der Waals surface area (Å²) in [5.74, 6) is 1.75. The summed E-state index contributed by atoms with van der Waals surface area (Å²) < 4.78 is 11.1. The average Bonchev–Trinajstić information content (AvgIpc) is 2.69. The third-order valence-electron chi connectivity index (χ3n) is 6.63. The highest BCUT2D eigenvalue weighted by molar-refractivity contribution is 5.81. The first-order valence-corrected chi connectivity index (χ1v) is 10.7. The highest BCUT2D eigenvalue weighted by atomic mass is 16.5. The van der Waals surface area contributed by atoms with Crippen LogP contribution in [0.5, 0.6) is 0 Å². The van der Waals surface area contributed by atoms with Gasteiger partial charge in [0.25, 0.3) is 0 Å². The third kappa shape index (κ3) is 6.22. The zero-order chi connectivity index (χ0) is 19.8. The normalized spacial score (nSPS) is 33.7. The van der Waals surface area contributed by atoms with Crippen molar-refractivity contribution in [1.29, 1.82) is 0 Å². The summed E-state index contributed by atoms with van der Waals surface area (Å²) in [6.07, 6.45) is 12.5. The second-order valence-electron chi connectivity index (χ2n) is 8.29. The molecule has 152 valence electrons. The second-order valence-corrected chi connectivity index (χ2v) is 8.29. The molecule has 0 N–H and O–H groups in total. The molecule has 2 aliphatic rings. The van der Waals surface area contributed by atoms with Gasteiger partial charge in [-0.25, -0.2) is 9.59 Å². The minimum Gasteiger partial charge on any atom is -0.459 e. The van der Waals surface area contributed by atoms with Gasteiger partial charge in [0.2, 0.25) is 0 Å². The van der Waals surface area contributed by atoms with Gasteiger partial charge in [0.1, 0.15) is 12.2 Å². The lowest BCUT2D eigenvalue weighted by molar-refractivity contribution is -0.148. The third-order valence-corrected chi connectivity index (χ3v) is 6.63. The van der Waals surface area contributed by atoms with Gasteiger partial charge in [0.05, 0.1) is 0 Å². The fourth-order valence-electron chi connectivity index (χ4n) is 5.13. The lowest BCUT2D eigenvalue weighted by Gasteiger charge is -2.39. The Hall–Kier alpha value is -1.58. The van der Waals surface area contributed by atoms with Gasteiger partial charge in [-0.1, -0.05) is 27.0 Å². The summed E-state index contributed by atoms with van der Waals surface area (Å²) in [5.41, 5.74) is 0. The van der Waals surface area contributed by atoms with Crippen LogP contribution < -0.4 is 0 Å². The molecule has 6 atom stereocenters. The molecule has 0 aromatic heterocycles. The van der Waals surface area contributed by atoms with Crippen molar-refractivity contribution in [2.45, 2.75) is 83.8 Å². The van der Waals surface area contributed by atoms with E-state index >= 15 is 0 Å². The van der Waals surface area contributed by atoms with E-state index in [4.69, 9.17) is 9.47 Å². The van der Waals surface area contributed by atoms with E-state index in [0.717, 1.165) is 51.4 Å². The molecule has 0 spiro atoms. The van der Waals surface area contributed by atoms with Crippen LogP contribution in [0.1, 0.15) is 71.6 Å². The first kappa shape index (κ1) is 21.7. The van der Waals surface area contributed by atoms with E-state index in [1.807, 2.05) is 0 Å². The predicted molar refractivity (Wildman–Crippen MR) is 107 cm³/mol. The Morgan fingerprint density at radius 1 is 0.815 bits per heavy atom. The monoisotopic (exact) mass is 376 g/mol. The Balaban J connectivity index is 1.85. The maximum atomic E-state index is 11.6. The van der Waals surface area contributed by atoms with Gasteiger partial charge in [0, 0.05) is 12.2 Å². The molecule has 0 bridgehead atoms. The molecule has 2 aliphatic carbocycles. The van der Waals surface area contributed by atoms with Gasteiger partial charge >= 0.3 is 11.9 Å². The molecule has 0 amide bonds. The first-order valence-electron chi connectivity index (χ1n) is 10.7. The molecular formula is C23H36O4. The van der Waals surface area contributed by atoms with Crippen molar-refractivity contribution < 1.29 is 19.1 Å². The minimum absolute atomic E-state index is 0.0502. The molecule has 2 rings (SSSR count). The number of hydrogen-bond acceptors (Lipinski definition) is 4. The van der Waals surface area contributed by atoms with Gasteiger partial charge in [-0.3, -0.25) is 0 Å². The van der Waals surface area contributed by atoms with Crippen molar-refractivity contribution in [2.75, 3.05) is 0 Å². The molecule has 4 heteroatoms. The number of carbonyl (C=O) groups excluding carboxylic acids is 2. The van der Waals surface area contributed by atoms with Crippen LogP contribution in [0, 0.1) is 23.7 Å². The summed E-state index contributed by atoms with van der Waals surface area (Å²) in [6.45, 7) is 11.4. The van der Waals surface area contributed by atoms with Crippen molar-refractivity contribution >= 4 is 11.9 Å². The standard InChI is InChI=1S/C23H36O4/c1-5-18-14-16(9-11-20(18)26-22(24)7-3)13-17-10-12-21(19(6-2)15-17)27-23(25)8-4/h7-8,16-21H,3-6,9-15H2,1-2H3. The van der Waals surface area contributed by atoms with E-state index in [0.29, 0.717) is 23.7 Å². The summed E-state index contributed by atoms with van der Waals surface area (Å²) in [7, 11) is 0. The van der Waals surface area contributed by atoms with Crippen molar-refractivity contribution in [1.82, 2.24) is 0 Å². The molecule has 27 heavy (non-hydrogen) atoms. The van der Waals surface area contributed by atoms with Gasteiger partial charge in [-0.15, -0.1) is 0 Å². The molecule has 0 radical (unpaired) electrons. The minimum atomic E-state index is -0.296. The van der Waals surface area contributed by atoms with Gasteiger partial charge in [-0.2, -0.15) is 0 Å².